The first kappa shape index (κ1) is 10.1. The molecule has 3 rings (SSSR count). The van der Waals surface area contributed by atoms with Crippen LogP contribution >= 0.6 is 0 Å². The summed E-state index contributed by atoms with van der Waals surface area (Å²) in [5, 5.41) is 2.88. The second-order valence-electron chi connectivity index (χ2n) is 4.20. The van der Waals surface area contributed by atoms with Crippen LogP contribution in [-0.2, 0) is 6.42 Å². The van der Waals surface area contributed by atoms with Crippen LogP contribution in [0, 0.1) is 0 Å². The SMILES string of the molecule is O=C1NCCc2c1cccc2-c1ccccc1. The molecule has 2 nitrogen and oxygen atoms in total. The Balaban J connectivity index is 2.19. The van der Waals surface area contributed by atoms with Gasteiger partial charge in [0.1, 0.15) is 0 Å². The van der Waals surface area contributed by atoms with Crippen LogP contribution < -0.4 is 5.32 Å². The van der Waals surface area contributed by atoms with E-state index in [1.54, 1.807) is 0 Å². The summed E-state index contributed by atoms with van der Waals surface area (Å²) in [6.45, 7) is 0.732. The van der Waals surface area contributed by atoms with Crippen LogP contribution in [0.3, 0.4) is 0 Å². The summed E-state index contributed by atoms with van der Waals surface area (Å²) in [6, 6.07) is 16.2. The van der Waals surface area contributed by atoms with Crippen LogP contribution in [0.4, 0.5) is 0 Å². The van der Waals surface area contributed by atoms with Gasteiger partial charge in [0.25, 0.3) is 5.91 Å². The predicted molar refractivity (Wildman–Crippen MR) is 67.9 cm³/mol. The van der Waals surface area contributed by atoms with Gasteiger partial charge < -0.3 is 5.32 Å². The summed E-state index contributed by atoms with van der Waals surface area (Å²) >= 11 is 0. The van der Waals surface area contributed by atoms with Crippen LogP contribution in [0.15, 0.2) is 48.5 Å². The van der Waals surface area contributed by atoms with Gasteiger partial charge in [-0.15, -0.1) is 0 Å². The zero-order valence-electron chi connectivity index (χ0n) is 9.44. The minimum Gasteiger partial charge on any atom is -0.352 e. The highest BCUT2D eigenvalue weighted by atomic mass is 16.1. The average Bonchev–Trinajstić information content (AvgIpc) is 2.40. The molecule has 0 unspecified atom stereocenters. The first-order valence-corrected chi connectivity index (χ1v) is 5.82. The largest absolute Gasteiger partial charge is 0.352 e. The van der Waals surface area contributed by atoms with Crippen LogP contribution in [0.5, 0.6) is 0 Å². The Morgan fingerprint density at radius 1 is 0.882 bits per heavy atom. The summed E-state index contributed by atoms with van der Waals surface area (Å²) in [6.07, 6.45) is 0.909. The lowest BCUT2D eigenvalue weighted by atomic mass is 9.91. The van der Waals surface area contributed by atoms with Crippen molar-refractivity contribution in [1.29, 1.82) is 0 Å². The highest BCUT2D eigenvalue weighted by Gasteiger charge is 2.19. The van der Waals surface area contributed by atoms with Crippen LogP contribution in [0.25, 0.3) is 11.1 Å². The summed E-state index contributed by atoms with van der Waals surface area (Å²) < 4.78 is 0. The van der Waals surface area contributed by atoms with Crippen molar-refractivity contribution in [1.82, 2.24) is 5.32 Å². The van der Waals surface area contributed by atoms with Gasteiger partial charge in [-0.25, -0.2) is 0 Å². The highest BCUT2D eigenvalue weighted by molar-refractivity contribution is 5.98. The molecule has 1 aliphatic rings. The number of fused-ring (bicyclic) bond motifs is 1. The maximum atomic E-state index is 11.8. The van der Waals surface area contributed by atoms with Crippen molar-refractivity contribution in [3.63, 3.8) is 0 Å². The molecule has 0 fully saturated rings. The monoisotopic (exact) mass is 223 g/mol. The van der Waals surface area contributed by atoms with E-state index in [2.05, 4.69) is 23.5 Å². The standard InChI is InChI=1S/C15H13NO/c17-15-14-8-4-7-12(13(14)9-10-16-15)11-5-2-1-3-6-11/h1-8H,9-10H2,(H,16,17). The number of benzene rings is 2. The molecular weight excluding hydrogens is 210 g/mol. The van der Waals surface area contributed by atoms with Crippen molar-refractivity contribution in [3.8, 4) is 11.1 Å². The lowest BCUT2D eigenvalue weighted by molar-refractivity contribution is 0.0946. The maximum absolute atomic E-state index is 11.8. The smallest absolute Gasteiger partial charge is 0.251 e. The minimum absolute atomic E-state index is 0.0454. The Labute approximate surface area is 100 Å². The first-order chi connectivity index (χ1) is 8.36. The molecule has 0 atom stereocenters. The predicted octanol–water partition coefficient (Wildman–Crippen LogP) is 2.64. The number of hydrogen-bond donors (Lipinski definition) is 1. The van der Waals surface area contributed by atoms with Gasteiger partial charge in [-0.3, -0.25) is 4.79 Å². The van der Waals surface area contributed by atoms with Crippen LogP contribution in [0.1, 0.15) is 15.9 Å². The summed E-state index contributed by atoms with van der Waals surface area (Å²) in [7, 11) is 0. The van der Waals surface area contributed by atoms with Gasteiger partial charge in [-0.2, -0.15) is 0 Å². The third-order valence-corrected chi connectivity index (χ3v) is 3.17. The van der Waals surface area contributed by atoms with Crippen molar-refractivity contribution in [2.24, 2.45) is 0 Å². The third-order valence-electron chi connectivity index (χ3n) is 3.17. The van der Waals surface area contributed by atoms with E-state index in [1.807, 2.05) is 30.3 Å². The zero-order chi connectivity index (χ0) is 11.7. The molecule has 0 saturated carbocycles. The van der Waals surface area contributed by atoms with Crippen molar-refractivity contribution in [2.45, 2.75) is 6.42 Å². The van der Waals surface area contributed by atoms with E-state index < -0.39 is 0 Å². The molecule has 1 amide bonds. The number of rotatable bonds is 1. The Kier molecular flexibility index (Phi) is 2.41. The quantitative estimate of drug-likeness (QED) is 0.791. The molecule has 0 bridgehead atoms. The molecule has 2 heteroatoms. The van der Waals surface area contributed by atoms with Crippen molar-refractivity contribution in [3.05, 3.63) is 59.7 Å². The summed E-state index contributed by atoms with van der Waals surface area (Å²) in [4.78, 5) is 11.8. The lowest BCUT2D eigenvalue weighted by Crippen LogP contribution is -2.32. The maximum Gasteiger partial charge on any atom is 0.251 e. The number of carbonyl (C=O) groups is 1. The van der Waals surface area contributed by atoms with Crippen molar-refractivity contribution in [2.75, 3.05) is 6.54 Å². The van der Waals surface area contributed by atoms with E-state index in [0.29, 0.717) is 0 Å². The normalized spacial score (nSPS) is 14.0. The molecule has 0 aliphatic carbocycles. The third kappa shape index (κ3) is 1.72. The second kappa shape index (κ2) is 4.06. The molecule has 0 saturated heterocycles. The molecule has 1 aliphatic heterocycles. The molecule has 84 valence electrons. The van der Waals surface area contributed by atoms with Crippen LogP contribution in [0.2, 0.25) is 0 Å². The highest BCUT2D eigenvalue weighted by Crippen LogP contribution is 2.28. The molecule has 17 heavy (non-hydrogen) atoms. The van der Waals surface area contributed by atoms with E-state index in [-0.39, 0.29) is 5.91 Å². The van der Waals surface area contributed by atoms with E-state index in [0.717, 1.165) is 18.5 Å². The Morgan fingerprint density at radius 3 is 2.47 bits per heavy atom. The second-order valence-corrected chi connectivity index (χ2v) is 4.20. The topological polar surface area (TPSA) is 29.1 Å². The molecule has 2 aromatic rings. The number of nitrogens with one attached hydrogen (secondary N) is 1. The van der Waals surface area contributed by atoms with E-state index in [9.17, 15) is 4.79 Å². The number of carbonyl (C=O) groups excluding carboxylic acids is 1. The van der Waals surface area contributed by atoms with Gasteiger partial charge in [0.05, 0.1) is 0 Å². The van der Waals surface area contributed by atoms with Gasteiger partial charge in [0.15, 0.2) is 0 Å². The first-order valence-electron chi connectivity index (χ1n) is 5.82. The minimum atomic E-state index is 0.0454. The molecule has 0 spiro atoms. The van der Waals surface area contributed by atoms with E-state index >= 15 is 0 Å². The number of hydrogen-bond acceptors (Lipinski definition) is 1. The van der Waals surface area contributed by atoms with Gasteiger partial charge in [-0.05, 0) is 29.2 Å². The zero-order valence-corrected chi connectivity index (χ0v) is 9.44. The number of amides is 1. The molecule has 2 aromatic carbocycles. The van der Waals surface area contributed by atoms with Crippen LogP contribution in [-0.4, -0.2) is 12.5 Å². The van der Waals surface area contributed by atoms with Gasteiger partial charge in [-0.1, -0.05) is 42.5 Å². The fraction of sp³-hybridized carbons (Fsp3) is 0.133. The molecular formula is C15H13NO. The molecule has 0 aromatic heterocycles. The van der Waals surface area contributed by atoms with E-state index in [1.165, 1.54) is 16.7 Å². The lowest BCUT2D eigenvalue weighted by Gasteiger charge is -2.19. The van der Waals surface area contributed by atoms with Crippen molar-refractivity contribution >= 4 is 5.91 Å². The van der Waals surface area contributed by atoms with E-state index in [4.69, 9.17) is 0 Å². The Bertz CT molecular complexity index is 560. The fourth-order valence-electron chi connectivity index (χ4n) is 2.35. The van der Waals surface area contributed by atoms with Gasteiger partial charge in [0.2, 0.25) is 0 Å². The summed E-state index contributed by atoms with van der Waals surface area (Å²) in [5.41, 5.74) is 4.34. The van der Waals surface area contributed by atoms with Gasteiger partial charge >= 0.3 is 0 Å². The molecule has 1 N–H and O–H groups in total. The average molecular weight is 223 g/mol. The molecule has 1 heterocycles. The molecule has 0 radical (unpaired) electrons. The van der Waals surface area contributed by atoms with Crippen molar-refractivity contribution < 1.29 is 4.79 Å². The Hall–Kier alpha value is -2.09. The Morgan fingerprint density at radius 2 is 1.65 bits per heavy atom. The van der Waals surface area contributed by atoms with Gasteiger partial charge in [0, 0.05) is 12.1 Å². The fourth-order valence-corrected chi connectivity index (χ4v) is 2.35. The summed E-state index contributed by atoms with van der Waals surface area (Å²) in [5.74, 6) is 0.0454.